The van der Waals surface area contributed by atoms with E-state index in [0.717, 1.165) is 0 Å². The van der Waals surface area contributed by atoms with E-state index in [2.05, 4.69) is 0 Å². The van der Waals surface area contributed by atoms with Gasteiger partial charge in [-0.05, 0) is 24.1 Å². The number of hydrogen-bond acceptors (Lipinski definition) is 8. The lowest BCUT2D eigenvalue weighted by Crippen LogP contribution is -2.15. The minimum Gasteiger partial charge on any atom is -0.493 e. The lowest BCUT2D eigenvalue weighted by molar-refractivity contribution is -0.385. The largest absolute Gasteiger partial charge is 0.493 e. The molecule has 0 fully saturated rings. The number of nitrogens with zero attached hydrogens (tertiary/aromatic N) is 1. The maximum Gasteiger partial charge on any atom is 0.338 e. The summed E-state index contributed by atoms with van der Waals surface area (Å²) < 4.78 is 27.0. The van der Waals surface area contributed by atoms with E-state index in [0.29, 0.717) is 40.9 Å². The molecule has 0 aliphatic carbocycles. The second kappa shape index (κ2) is 9.45. The molecule has 1 aliphatic heterocycles. The van der Waals surface area contributed by atoms with E-state index in [9.17, 15) is 14.9 Å². The van der Waals surface area contributed by atoms with Crippen LogP contribution in [-0.2, 0) is 22.7 Å². The number of ether oxygens (including phenoxy) is 5. The van der Waals surface area contributed by atoms with E-state index in [1.54, 1.807) is 12.1 Å². The summed E-state index contributed by atoms with van der Waals surface area (Å²) in [4.78, 5) is 23.2. The summed E-state index contributed by atoms with van der Waals surface area (Å²) in [5.41, 5.74) is 1.09. The number of rotatable bonds is 8. The van der Waals surface area contributed by atoms with Crippen molar-refractivity contribution in [3.8, 4) is 17.2 Å². The molecule has 0 bridgehead atoms. The van der Waals surface area contributed by atoms with Gasteiger partial charge in [-0.25, -0.2) is 4.79 Å². The first-order valence-electron chi connectivity index (χ1n) is 9.37. The number of hydrogen-bond donors (Lipinski definition) is 0. The Hall–Kier alpha value is -3.33. The number of esters is 1. The predicted octanol–water partition coefficient (Wildman–Crippen LogP) is 3.86. The zero-order chi connectivity index (χ0) is 21.7. The molecule has 0 N–H and O–H groups in total. The minimum absolute atomic E-state index is 0.0286. The molecular weight excluding hydrogens is 394 g/mol. The van der Waals surface area contributed by atoms with Crippen LogP contribution in [0.2, 0.25) is 0 Å². The molecular formula is C21H23NO8. The number of nitro groups is 1. The molecule has 2 aromatic rings. The van der Waals surface area contributed by atoms with Crippen molar-refractivity contribution in [3.63, 3.8) is 0 Å². The Morgan fingerprint density at radius 1 is 1.23 bits per heavy atom. The maximum absolute atomic E-state index is 12.5. The minimum atomic E-state index is -0.601. The van der Waals surface area contributed by atoms with Gasteiger partial charge in [-0.3, -0.25) is 10.1 Å². The molecule has 0 saturated heterocycles. The van der Waals surface area contributed by atoms with Crippen LogP contribution >= 0.6 is 0 Å². The first kappa shape index (κ1) is 21.4. The Morgan fingerprint density at radius 2 is 2.03 bits per heavy atom. The molecule has 0 spiro atoms. The smallest absolute Gasteiger partial charge is 0.338 e. The van der Waals surface area contributed by atoms with Crippen LogP contribution in [0.25, 0.3) is 0 Å². The number of fused-ring (bicyclic) bond motifs is 1. The van der Waals surface area contributed by atoms with Crippen LogP contribution in [-0.4, -0.2) is 31.4 Å². The average molecular weight is 417 g/mol. The Labute approximate surface area is 173 Å². The fourth-order valence-electron chi connectivity index (χ4n) is 2.89. The molecule has 0 aromatic heterocycles. The van der Waals surface area contributed by atoms with Gasteiger partial charge in [0, 0.05) is 23.3 Å². The van der Waals surface area contributed by atoms with Gasteiger partial charge in [-0.1, -0.05) is 13.8 Å². The summed E-state index contributed by atoms with van der Waals surface area (Å²) in [5, 5.41) is 11.2. The molecule has 1 heterocycles. The first-order valence-corrected chi connectivity index (χ1v) is 9.37. The highest BCUT2D eigenvalue weighted by molar-refractivity contribution is 5.90. The van der Waals surface area contributed by atoms with Crippen molar-refractivity contribution in [1.29, 1.82) is 0 Å². The molecule has 2 aromatic carbocycles. The zero-order valence-corrected chi connectivity index (χ0v) is 17.0. The van der Waals surface area contributed by atoms with E-state index >= 15 is 0 Å². The topological polar surface area (TPSA) is 106 Å². The summed E-state index contributed by atoms with van der Waals surface area (Å²) >= 11 is 0. The van der Waals surface area contributed by atoms with Gasteiger partial charge in [0.15, 0.2) is 18.3 Å². The van der Waals surface area contributed by atoms with E-state index in [1.807, 2.05) is 13.8 Å². The van der Waals surface area contributed by atoms with Crippen LogP contribution in [0.1, 0.15) is 35.3 Å². The van der Waals surface area contributed by atoms with Crippen LogP contribution < -0.4 is 14.2 Å². The third-order valence-electron chi connectivity index (χ3n) is 4.31. The Morgan fingerprint density at radius 3 is 2.73 bits per heavy atom. The third-order valence-corrected chi connectivity index (χ3v) is 4.31. The molecule has 0 atom stereocenters. The quantitative estimate of drug-likeness (QED) is 0.362. The monoisotopic (exact) mass is 417 g/mol. The molecule has 30 heavy (non-hydrogen) atoms. The Kier molecular flexibility index (Phi) is 6.73. The van der Waals surface area contributed by atoms with Crippen molar-refractivity contribution < 1.29 is 33.4 Å². The van der Waals surface area contributed by atoms with Crippen LogP contribution in [0.3, 0.4) is 0 Å². The molecule has 0 saturated carbocycles. The standard InChI is InChI=1S/C21H23NO8/c1-13(2)9-28-18-5-4-14(8-19(18)26-3)21(23)29-11-16-7-17(22(24)25)6-15-10-27-12-30-20(15)16/h4-8,13H,9-12H2,1-3H3. The molecule has 0 radical (unpaired) electrons. The zero-order valence-electron chi connectivity index (χ0n) is 17.0. The van der Waals surface area contributed by atoms with Crippen LogP contribution in [0.15, 0.2) is 30.3 Å². The van der Waals surface area contributed by atoms with Gasteiger partial charge >= 0.3 is 5.97 Å². The number of carbonyl (C=O) groups is 1. The number of carbonyl (C=O) groups excluding carboxylic acids is 1. The Bertz CT molecular complexity index is 941. The molecule has 9 nitrogen and oxygen atoms in total. The SMILES string of the molecule is COc1cc(C(=O)OCc2cc([N+](=O)[O-])cc3c2OCOC3)ccc1OCC(C)C. The van der Waals surface area contributed by atoms with Crippen LogP contribution in [0.5, 0.6) is 17.2 Å². The van der Waals surface area contributed by atoms with Crippen molar-refractivity contribution in [2.24, 2.45) is 5.92 Å². The molecule has 9 heteroatoms. The third kappa shape index (κ3) is 4.98. The second-order valence-corrected chi connectivity index (χ2v) is 7.11. The first-order chi connectivity index (χ1) is 14.4. The molecule has 3 rings (SSSR count). The summed E-state index contributed by atoms with van der Waals surface area (Å²) in [6.07, 6.45) is 0. The number of benzene rings is 2. The van der Waals surface area contributed by atoms with Crippen LogP contribution in [0.4, 0.5) is 5.69 Å². The number of methoxy groups -OCH3 is 1. The van der Waals surface area contributed by atoms with Gasteiger partial charge in [0.2, 0.25) is 0 Å². The van der Waals surface area contributed by atoms with Crippen molar-refractivity contribution in [3.05, 3.63) is 57.1 Å². The molecule has 160 valence electrons. The number of non-ortho nitro benzene ring substituents is 1. The van der Waals surface area contributed by atoms with Gasteiger partial charge in [0.1, 0.15) is 12.4 Å². The van der Waals surface area contributed by atoms with Crippen molar-refractivity contribution in [2.45, 2.75) is 27.1 Å². The van der Waals surface area contributed by atoms with E-state index < -0.39 is 10.9 Å². The van der Waals surface area contributed by atoms with Gasteiger partial charge in [0.25, 0.3) is 5.69 Å². The fourth-order valence-corrected chi connectivity index (χ4v) is 2.89. The summed E-state index contributed by atoms with van der Waals surface area (Å²) in [6, 6.07) is 7.48. The Balaban J connectivity index is 1.75. The van der Waals surface area contributed by atoms with E-state index in [4.69, 9.17) is 23.7 Å². The van der Waals surface area contributed by atoms with Gasteiger partial charge in [-0.15, -0.1) is 0 Å². The molecule has 1 aliphatic rings. The normalized spacial score (nSPS) is 12.7. The predicted molar refractivity (Wildman–Crippen MR) is 106 cm³/mol. The van der Waals surface area contributed by atoms with Crippen LogP contribution in [0, 0.1) is 16.0 Å². The fraction of sp³-hybridized carbons (Fsp3) is 0.381. The lowest BCUT2D eigenvalue weighted by atomic mass is 10.1. The lowest BCUT2D eigenvalue weighted by Gasteiger charge is -2.20. The van der Waals surface area contributed by atoms with E-state index in [1.165, 1.54) is 25.3 Å². The molecule has 0 unspecified atom stereocenters. The van der Waals surface area contributed by atoms with Crippen molar-refractivity contribution >= 4 is 11.7 Å². The second-order valence-electron chi connectivity index (χ2n) is 7.11. The highest BCUT2D eigenvalue weighted by Crippen LogP contribution is 2.33. The van der Waals surface area contributed by atoms with Crippen molar-refractivity contribution in [1.82, 2.24) is 0 Å². The van der Waals surface area contributed by atoms with E-state index in [-0.39, 0.29) is 31.3 Å². The molecule has 0 amide bonds. The van der Waals surface area contributed by atoms with Crippen molar-refractivity contribution in [2.75, 3.05) is 20.5 Å². The highest BCUT2D eigenvalue weighted by Gasteiger charge is 2.22. The van der Waals surface area contributed by atoms with Gasteiger partial charge in [0.05, 0.1) is 30.8 Å². The van der Waals surface area contributed by atoms with Gasteiger partial charge in [-0.2, -0.15) is 0 Å². The summed E-state index contributed by atoms with van der Waals surface area (Å²) in [7, 11) is 1.49. The average Bonchev–Trinajstić information content (AvgIpc) is 2.75. The maximum atomic E-state index is 12.5. The summed E-state index contributed by atoms with van der Waals surface area (Å²) in [6.45, 7) is 4.60. The van der Waals surface area contributed by atoms with Gasteiger partial charge < -0.3 is 23.7 Å². The summed E-state index contributed by atoms with van der Waals surface area (Å²) in [5.74, 6) is 1.13. The highest BCUT2D eigenvalue weighted by atomic mass is 16.7. The number of nitro benzene ring substituents is 1.